The van der Waals surface area contributed by atoms with Crippen molar-refractivity contribution in [2.24, 2.45) is 0 Å². The number of halogens is 3. The smallest absolute Gasteiger partial charge is 0.203 e. The molecule has 0 aliphatic heterocycles. The van der Waals surface area contributed by atoms with Crippen molar-refractivity contribution in [3.05, 3.63) is 52.0 Å². The van der Waals surface area contributed by atoms with E-state index in [0.29, 0.717) is 47.7 Å². The lowest BCUT2D eigenvalue weighted by atomic mass is 10.2. The molecule has 0 saturated carbocycles. The van der Waals surface area contributed by atoms with Gasteiger partial charge in [-0.1, -0.05) is 34.8 Å². The van der Waals surface area contributed by atoms with Gasteiger partial charge < -0.3 is 23.7 Å². The molecule has 0 aliphatic rings. The summed E-state index contributed by atoms with van der Waals surface area (Å²) in [4.78, 5) is 0. The molecule has 0 unspecified atom stereocenters. The monoisotopic (exact) mass is 446 g/mol. The van der Waals surface area contributed by atoms with Crippen LogP contribution in [0.5, 0.6) is 28.7 Å². The van der Waals surface area contributed by atoms with E-state index >= 15 is 0 Å². The summed E-state index contributed by atoms with van der Waals surface area (Å²) in [6, 6.07) is 10.6. The summed E-state index contributed by atoms with van der Waals surface area (Å²) >= 11 is 17.0. The standard InChI is InChI=1S/C20H21Cl3O5/c1-24-17-12-16(27-11-8-19(22)23)13-18(25-2)20(17)28-10-3-9-26-15-6-4-14(21)5-7-15/h4-8,12-13H,3,9-11H2,1-2H3. The molecule has 2 aromatic rings. The lowest BCUT2D eigenvalue weighted by Crippen LogP contribution is -2.07. The summed E-state index contributed by atoms with van der Waals surface area (Å²) in [5.41, 5.74) is 0. The summed E-state index contributed by atoms with van der Waals surface area (Å²) in [6.45, 7) is 1.14. The van der Waals surface area contributed by atoms with Crippen LogP contribution in [0.25, 0.3) is 0 Å². The molecule has 0 aliphatic carbocycles. The van der Waals surface area contributed by atoms with Crippen LogP contribution >= 0.6 is 34.8 Å². The minimum atomic E-state index is 0.139. The van der Waals surface area contributed by atoms with Crippen LogP contribution in [0.1, 0.15) is 6.42 Å². The molecule has 0 heterocycles. The molecule has 2 rings (SSSR count). The van der Waals surface area contributed by atoms with Crippen molar-refractivity contribution in [3.8, 4) is 28.7 Å². The molecule has 152 valence electrons. The van der Waals surface area contributed by atoms with Gasteiger partial charge in [0.15, 0.2) is 11.5 Å². The maximum absolute atomic E-state index is 5.85. The first-order valence-electron chi connectivity index (χ1n) is 8.44. The molecule has 5 nitrogen and oxygen atoms in total. The van der Waals surface area contributed by atoms with Gasteiger partial charge in [0.2, 0.25) is 5.75 Å². The molecular weight excluding hydrogens is 427 g/mol. The second kappa shape index (κ2) is 11.8. The van der Waals surface area contributed by atoms with Gasteiger partial charge in [0.25, 0.3) is 0 Å². The van der Waals surface area contributed by atoms with Crippen LogP contribution in [-0.4, -0.2) is 34.0 Å². The van der Waals surface area contributed by atoms with E-state index in [-0.39, 0.29) is 11.1 Å². The molecule has 2 aromatic carbocycles. The Morgan fingerprint density at radius 1 is 0.857 bits per heavy atom. The van der Waals surface area contributed by atoms with Gasteiger partial charge in [-0.25, -0.2) is 0 Å². The number of hydrogen-bond acceptors (Lipinski definition) is 5. The Hall–Kier alpha value is -1.95. The highest BCUT2D eigenvalue weighted by Crippen LogP contribution is 2.41. The molecule has 0 amide bonds. The van der Waals surface area contributed by atoms with Crippen LogP contribution in [0, 0.1) is 0 Å². The molecule has 28 heavy (non-hydrogen) atoms. The fourth-order valence-electron chi connectivity index (χ4n) is 2.24. The van der Waals surface area contributed by atoms with Crippen LogP contribution in [-0.2, 0) is 0 Å². The molecule has 0 N–H and O–H groups in total. The zero-order valence-electron chi connectivity index (χ0n) is 15.5. The van der Waals surface area contributed by atoms with Gasteiger partial charge in [0.05, 0.1) is 27.4 Å². The van der Waals surface area contributed by atoms with Gasteiger partial charge in [0, 0.05) is 23.6 Å². The van der Waals surface area contributed by atoms with Crippen molar-refractivity contribution in [1.82, 2.24) is 0 Å². The summed E-state index contributed by atoms with van der Waals surface area (Å²) in [7, 11) is 3.09. The van der Waals surface area contributed by atoms with E-state index in [2.05, 4.69) is 0 Å². The van der Waals surface area contributed by atoms with Crippen molar-refractivity contribution in [3.63, 3.8) is 0 Å². The molecule has 0 radical (unpaired) electrons. The van der Waals surface area contributed by atoms with Gasteiger partial charge in [-0.3, -0.25) is 0 Å². The maximum atomic E-state index is 5.85. The van der Waals surface area contributed by atoms with E-state index in [1.165, 1.54) is 6.08 Å². The summed E-state index contributed by atoms with van der Waals surface area (Å²) in [5.74, 6) is 2.78. The fourth-order valence-corrected chi connectivity index (χ4v) is 2.49. The molecule has 0 fully saturated rings. The lowest BCUT2D eigenvalue weighted by Gasteiger charge is -2.16. The fraction of sp³-hybridized carbons (Fsp3) is 0.300. The first-order valence-corrected chi connectivity index (χ1v) is 9.58. The molecule has 0 spiro atoms. The van der Waals surface area contributed by atoms with Crippen molar-refractivity contribution in [1.29, 1.82) is 0 Å². The number of hydrogen-bond donors (Lipinski definition) is 0. The van der Waals surface area contributed by atoms with Gasteiger partial charge in [-0.15, -0.1) is 0 Å². The third-order valence-electron chi connectivity index (χ3n) is 3.54. The Labute approximate surface area is 179 Å². The van der Waals surface area contributed by atoms with E-state index in [1.54, 1.807) is 38.5 Å². The predicted molar refractivity (Wildman–Crippen MR) is 112 cm³/mol. The molecule has 0 bridgehead atoms. The average molecular weight is 448 g/mol. The van der Waals surface area contributed by atoms with Crippen LogP contribution in [0.3, 0.4) is 0 Å². The van der Waals surface area contributed by atoms with Crippen LogP contribution in [0.15, 0.2) is 47.0 Å². The highest BCUT2D eigenvalue weighted by Gasteiger charge is 2.15. The van der Waals surface area contributed by atoms with Crippen molar-refractivity contribution < 1.29 is 23.7 Å². The lowest BCUT2D eigenvalue weighted by molar-refractivity contribution is 0.231. The Morgan fingerprint density at radius 2 is 1.46 bits per heavy atom. The Kier molecular flexibility index (Phi) is 9.41. The number of ether oxygens (including phenoxy) is 5. The van der Waals surface area contributed by atoms with E-state index in [0.717, 1.165) is 5.75 Å². The van der Waals surface area contributed by atoms with Gasteiger partial charge in [0.1, 0.15) is 22.6 Å². The van der Waals surface area contributed by atoms with Crippen LogP contribution in [0.4, 0.5) is 0 Å². The van der Waals surface area contributed by atoms with Crippen molar-refractivity contribution >= 4 is 34.8 Å². The van der Waals surface area contributed by atoms with Crippen LogP contribution in [0.2, 0.25) is 5.02 Å². The predicted octanol–water partition coefficient (Wildman–Crippen LogP) is 5.90. The molecule has 0 atom stereocenters. The van der Waals surface area contributed by atoms with E-state index < -0.39 is 0 Å². The van der Waals surface area contributed by atoms with Gasteiger partial charge >= 0.3 is 0 Å². The Balaban J connectivity index is 1.91. The normalized spacial score (nSPS) is 10.2. The largest absolute Gasteiger partial charge is 0.493 e. The quantitative estimate of drug-likeness (QED) is 0.401. The topological polar surface area (TPSA) is 46.2 Å². The second-order valence-electron chi connectivity index (χ2n) is 5.47. The zero-order valence-corrected chi connectivity index (χ0v) is 17.8. The second-order valence-corrected chi connectivity index (χ2v) is 6.91. The Bertz CT molecular complexity index is 749. The van der Waals surface area contributed by atoms with Crippen molar-refractivity contribution in [2.45, 2.75) is 6.42 Å². The number of methoxy groups -OCH3 is 2. The SMILES string of the molecule is COc1cc(OCC=C(Cl)Cl)cc(OC)c1OCCCOc1ccc(Cl)cc1. The third kappa shape index (κ3) is 7.23. The molecule has 0 saturated heterocycles. The van der Waals surface area contributed by atoms with E-state index in [1.807, 2.05) is 12.1 Å². The van der Waals surface area contributed by atoms with Crippen LogP contribution < -0.4 is 23.7 Å². The highest BCUT2D eigenvalue weighted by atomic mass is 35.5. The third-order valence-corrected chi connectivity index (χ3v) is 4.10. The summed E-state index contributed by atoms with van der Waals surface area (Å²) < 4.78 is 28.0. The number of rotatable bonds is 11. The number of benzene rings is 2. The summed E-state index contributed by atoms with van der Waals surface area (Å²) in [6.07, 6.45) is 2.21. The first kappa shape index (κ1) is 22.3. The summed E-state index contributed by atoms with van der Waals surface area (Å²) in [5, 5.41) is 0.670. The maximum Gasteiger partial charge on any atom is 0.203 e. The minimum Gasteiger partial charge on any atom is -0.493 e. The Morgan fingerprint density at radius 3 is 2.04 bits per heavy atom. The van der Waals surface area contributed by atoms with Crippen molar-refractivity contribution in [2.75, 3.05) is 34.0 Å². The van der Waals surface area contributed by atoms with E-state index in [4.69, 9.17) is 58.5 Å². The molecule has 8 heteroatoms. The zero-order chi connectivity index (χ0) is 20.4. The van der Waals surface area contributed by atoms with Gasteiger partial charge in [-0.2, -0.15) is 0 Å². The molecule has 0 aromatic heterocycles. The molecular formula is C20H21Cl3O5. The van der Waals surface area contributed by atoms with E-state index in [9.17, 15) is 0 Å². The average Bonchev–Trinajstić information content (AvgIpc) is 2.69. The minimum absolute atomic E-state index is 0.139. The van der Waals surface area contributed by atoms with Gasteiger partial charge in [-0.05, 0) is 30.3 Å². The first-order chi connectivity index (χ1) is 13.5. The highest BCUT2D eigenvalue weighted by molar-refractivity contribution is 6.55.